The average Bonchev–Trinajstić information content (AvgIpc) is 2.37. The zero-order valence-electron chi connectivity index (χ0n) is 9.60. The van der Waals surface area contributed by atoms with Crippen LogP contribution in [0.2, 0.25) is 0 Å². The first-order chi connectivity index (χ1) is 7.40. The van der Waals surface area contributed by atoms with Crippen LogP contribution in [-0.2, 0) is 9.59 Å². The van der Waals surface area contributed by atoms with Crippen molar-refractivity contribution in [2.45, 2.75) is 20.8 Å². The van der Waals surface area contributed by atoms with Crippen LogP contribution in [0.5, 0.6) is 0 Å². The van der Waals surface area contributed by atoms with Crippen LogP contribution in [0.3, 0.4) is 0 Å². The Kier molecular flexibility index (Phi) is 3.42. The van der Waals surface area contributed by atoms with Crippen molar-refractivity contribution < 1.29 is 14.7 Å². The van der Waals surface area contributed by atoms with E-state index in [0.29, 0.717) is 6.29 Å². The van der Waals surface area contributed by atoms with Gasteiger partial charge < -0.3 is 5.11 Å². The van der Waals surface area contributed by atoms with E-state index < -0.39 is 5.41 Å². The Hall–Kier alpha value is -1.71. The van der Waals surface area contributed by atoms with E-state index in [1.54, 1.807) is 20.8 Å². The summed E-state index contributed by atoms with van der Waals surface area (Å²) < 4.78 is 0. The molecule has 4 heteroatoms. The number of aliphatic hydroxyl groups excluding tert-OH is 1. The molecule has 0 bridgehead atoms. The Morgan fingerprint density at radius 2 is 2.19 bits per heavy atom. The van der Waals surface area contributed by atoms with Crippen LogP contribution in [0.4, 0.5) is 0 Å². The van der Waals surface area contributed by atoms with E-state index in [1.165, 1.54) is 18.5 Å². The highest BCUT2D eigenvalue weighted by Gasteiger charge is 2.32. The second kappa shape index (κ2) is 4.43. The minimum Gasteiger partial charge on any atom is -0.506 e. The molecule has 86 valence electrons. The molecule has 0 spiro atoms. The molecule has 4 nitrogen and oxygen atoms in total. The van der Waals surface area contributed by atoms with Gasteiger partial charge in [0.25, 0.3) is 0 Å². The van der Waals surface area contributed by atoms with Crippen molar-refractivity contribution in [1.82, 2.24) is 0 Å². The van der Waals surface area contributed by atoms with Crippen LogP contribution >= 0.6 is 0 Å². The molecular weight excluding hydrogens is 206 g/mol. The van der Waals surface area contributed by atoms with E-state index in [2.05, 4.69) is 4.99 Å². The Balaban J connectivity index is 3.21. The lowest BCUT2D eigenvalue weighted by molar-refractivity contribution is -0.125. The number of allylic oxidation sites excluding steroid dienone is 2. The van der Waals surface area contributed by atoms with Crippen LogP contribution < -0.4 is 0 Å². The van der Waals surface area contributed by atoms with Crippen molar-refractivity contribution in [1.29, 1.82) is 0 Å². The zero-order chi connectivity index (χ0) is 12.3. The quantitative estimate of drug-likeness (QED) is 0.739. The lowest BCUT2D eigenvalue weighted by Crippen LogP contribution is -2.31. The first-order valence-corrected chi connectivity index (χ1v) is 5.07. The summed E-state index contributed by atoms with van der Waals surface area (Å²) >= 11 is 0. The molecule has 0 aromatic heterocycles. The van der Waals surface area contributed by atoms with Crippen molar-refractivity contribution in [2.75, 3.05) is 0 Å². The number of carbonyl (C=O) groups excluding carboxylic acids is 2. The molecule has 1 atom stereocenters. The van der Waals surface area contributed by atoms with Crippen molar-refractivity contribution in [3.8, 4) is 0 Å². The highest BCUT2D eigenvalue weighted by Crippen LogP contribution is 2.26. The molecule has 0 saturated heterocycles. The number of rotatable bonds is 3. The highest BCUT2D eigenvalue weighted by molar-refractivity contribution is 6.04. The summed E-state index contributed by atoms with van der Waals surface area (Å²) in [6.07, 6.45) is 4.58. The standard InChI is InChI=1S/C12H15NO3/c1-8(2)11(16)12(3)4-9(6-14)10(15)5-13-7-12/h4-8,15H,1-3H3. The summed E-state index contributed by atoms with van der Waals surface area (Å²) in [4.78, 5) is 26.6. The maximum absolute atomic E-state index is 12.0. The number of aldehydes is 1. The van der Waals surface area contributed by atoms with Gasteiger partial charge in [-0.3, -0.25) is 14.6 Å². The monoisotopic (exact) mass is 221 g/mol. The normalized spacial score (nSPS) is 24.8. The number of hydrogen-bond donors (Lipinski definition) is 1. The van der Waals surface area contributed by atoms with E-state index in [9.17, 15) is 14.7 Å². The van der Waals surface area contributed by atoms with Crippen LogP contribution in [-0.4, -0.2) is 23.4 Å². The molecule has 0 aromatic carbocycles. The molecule has 0 saturated carbocycles. The van der Waals surface area contributed by atoms with Crippen molar-refractivity contribution >= 4 is 18.3 Å². The van der Waals surface area contributed by atoms with Crippen molar-refractivity contribution in [2.24, 2.45) is 16.3 Å². The molecule has 0 radical (unpaired) electrons. The van der Waals surface area contributed by atoms with Gasteiger partial charge in [-0.15, -0.1) is 0 Å². The number of carbonyl (C=O) groups is 2. The van der Waals surface area contributed by atoms with Gasteiger partial charge >= 0.3 is 0 Å². The number of aliphatic hydroxyl groups is 1. The molecule has 16 heavy (non-hydrogen) atoms. The summed E-state index contributed by atoms with van der Waals surface area (Å²) in [6.45, 7) is 5.25. The van der Waals surface area contributed by atoms with Crippen LogP contribution in [0.25, 0.3) is 0 Å². The third-order valence-electron chi connectivity index (χ3n) is 2.47. The fourth-order valence-corrected chi connectivity index (χ4v) is 1.62. The van der Waals surface area contributed by atoms with Crippen LogP contribution in [0.15, 0.2) is 28.6 Å². The minimum absolute atomic E-state index is 0.0429. The second-order valence-corrected chi connectivity index (χ2v) is 4.31. The fraction of sp³-hybridized carbons (Fsp3) is 0.417. The summed E-state index contributed by atoms with van der Waals surface area (Å²) in [6, 6.07) is 0. The zero-order valence-corrected chi connectivity index (χ0v) is 9.60. The van der Waals surface area contributed by atoms with E-state index in [1.807, 2.05) is 0 Å². The molecule has 1 aliphatic heterocycles. The van der Waals surface area contributed by atoms with Gasteiger partial charge in [-0.25, -0.2) is 0 Å². The van der Waals surface area contributed by atoms with Gasteiger partial charge in [0.15, 0.2) is 6.29 Å². The third kappa shape index (κ3) is 2.27. The van der Waals surface area contributed by atoms with Crippen LogP contribution in [0.1, 0.15) is 20.8 Å². The maximum Gasteiger partial charge on any atom is 0.153 e. The molecule has 0 aromatic rings. The van der Waals surface area contributed by atoms with E-state index in [-0.39, 0.29) is 23.0 Å². The van der Waals surface area contributed by atoms with Gasteiger partial charge in [0, 0.05) is 12.1 Å². The Labute approximate surface area is 94.4 Å². The lowest BCUT2D eigenvalue weighted by Gasteiger charge is -2.21. The van der Waals surface area contributed by atoms with Gasteiger partial charge in [-0.05, 0) is 6.92 Å². The summed E-state index contributed by atoms with van der Waals surface area (Å²) in [7, 11) is 0. The number of ketones is 1. The smallest absolute Gasteiger partial charge is 0.153 e. The topological polar surface area (TPSA) is 66.7 Å². The Morgan fingerprint density at radius 3 is 2.69 bits per heavy atom. The van der Waals surface area contributed by atoms with Crippen molar-refractivity contribution in [3.63, 3.8) is 0 Å². The SMILES string of the molecule is CC(C)C(=O)C1(C)C=NC=C(O)C(C=O)=C1. The van der Waals surface area contributed by atoms with Gasteiger partial charge in [0.05, 0.1) is 17.2 Å². The fourth-order valence-electron chi connectivity index (χ4n) is 1.62. The lowest BCUT2D eigenvalue weighted by atomic mass is 9.80. The second-order valence-electron chi connectivity index (χ2n) is 4.31. The molecule has 1 unspecified atom stereocenters. The largest absolute Gasteiger partial charge is 0.506 e. The number of aliphatic imine (C=N–C) groups is 1. The molecule has 0 fully saturated rings. The predicted octanol–water partition coefficient (Wildman–Crippen LogP) is 1.83. The number of hydrogen-bond acceptors (Lipinski definition) is 4. The van der Waals surface area contributed by atoms with Gasteiger partial charge in [-0.2, -0.15) is 0 Å². The van der Waals surface area contributed by atoms with Crippen LogP contribution in [0, 0.1) is 11.3 Å². The summed E-state index contributed by atoms with van der Waals surface area (Å²) in [5.74, 6) is -0.425. The van der Waals surface area contributed by atoms with E-state index in [4.69, 9.17) is 0 Å². The van der Waals surface area contributed by atoms with Gasteiger partial charge in [0.1, 0.15) is 11.5 Å². The first kappa shape index (κ1) is 12.4. The summed E-state index contributed by atoms with van der Waals surface area (Å²) in [5, 5.41) is 9.44. The highest BCUT2D eigenvalue weighted by atomic mass is 16.3. The predicted molar refractivity (Wildman–Crippen MR) is 61.3 cm³/mol. The minimum atomic E-state index is -0.939. The Bertz CT molecular complexity index is 404. The van der Waals surface area contributed by atoms with Gasteiger partial charge in [0.2, 0.25) is 0 Å². The molecule has 1 N–H and O–H groups in total. The molecule has 1 rings (SSSR count). The van der Waals surface area contributed by atoms with Crippen molar-refractivity contribution in [3.05, 3.63) is 23.6 Å². The molecule has 0 aliphatic carbocycles. The summed E-state index contributed by atoms with van der Waals surface area (Å²) in [5.41, 5.74) is -0.847. The molecule has 1 heterocycles. The molecule has 1 aliphatic rings. The number of nitrogens with zero attached hydrogens (tertiary/aromatic N) is 1. The molecule has 0 amide bonds. The average molecular weight is 221 g/mol. The maximum atomic E-state index is 12.0. The van der Waals surface area contributed by atoms with Gasteiger partial charge in [-0.1, -0.05) is 19.9 Å². The first-order valence-electron chi connectivity index (χ1n) is 5.07. The number of Topliss-reactive ketones (excluding diaryl/α,β-unsaturated/α-hetero) is 1. The third-order valence-corrected chi connectivity index (χ3v) is 2.47. The van der Waals surface area contributed by atoms with E-state index >= 15 is 0 Å². The Morgan fingerprint density at radius 1 is 1.56 bits per heavy atom. The van der Waals surface area contributed by atoms with E-state index in [0.717, 1.165) is 0 Å². The molecular formula is C12H15NO3.